The number of benzene rings is 2. The van der Waals surface area contributed by atoms with Crippen molar-refractivity contribution in [1.82, 2.24) is 9.62 Å². The van der Waals surface area contributed by atoms with Crippen molar-refractivity contribution in [2.45, 2.75) is 29.9 Å². The van der Waals surface area contributed by atoms with Crippen LogP contribution < -0.4 is 10.0 Å². The molecule has 2 heterocycles. The largest absolute Gasteiger partial charge is 0.365 e. The molecule has 0 amide bonds. The van der Waals surface area contributed by atoms with Crippen LogP contribution in [0, 0.1) is 23.0 Å². The zero-order chi connectivity index (χ0) is 19.9. The van der Waals surface area contributed by atoms with E-state index in [2.05, 4.69) is 21.0 Å². The van der Waals surface area contributed by atoms with Gasteiger partial charge < -0.3 is 5.32 Å². The summed E-state index contributed by atoms with van der Waals surface area (Å²) in [6, 6.07) is 11.0. The molecule has 2 N–H and O–H groups in total. The van der Waals surface area contributed by atoms with Crippen LogP contribution in [0.15, 0.2) is 41.3 Å². The number of likely N-dealkylation sites (tertiary alicyclic amines) is 1. The van der Waals surface area contributed by atoms with E-state index in [4.69, 9.17) is 5.26 Å². The normalized spacial score (nSPS) is 20.2. The summed E-state index contributed by atoms with van der Waals surface area (Å²) in [5.74, 6) is -1.94. The standard InChI is InChI=1S/C19H18F2N4O2S/c20-15-9-16(21)18-17(10-15)23-19(24-28(18,26)27)4-6-25(7-5-19)12-14-3-1-2-13(8-14)11-22/h1-3,8-10,23-24H,4-7,12H2. The maximum atomic E-state index is 14.0. The molecule has 2 aliphatic rings. The van der Waals surface area contributed by atoms with Crippen LogP contribution in [0.2, 0.25) is 0 Å². The minimum atomic E-state index is -4.09. The van der Waals surface area contributed by atoms with Crippen molar-refractivity contribution in [3.63, 3.8) is 0 Å². The van der Waals surface area contributed by atoms with Gasteiger partial charge in [0.1, 0.15) is 22.2 Å². The first kappa shape index (κ1) is 18.8. The van der Waals surface area contributed by atoms with Gasteiger partial charge in [-0.15, -0.1) is 0 Å². The summed E-state index contributed by atoms with van der Waals surface area (Å²) in [7, 11) is -4.09. The van der Waals surface area contributed by atoms with E-state index >= 15 is 0 Å². The van der Waals surface area contributed by atoms with Gasteiger partial charge in [-0.3, -0.25) is 4.90 Å². The third-order valence-electron chi connectivity index (χ3n) is 5.15. The molecule has 0 aliphatic carbocycles. The Bertz CT molecular complexity index is 1070. The van der Waals surface area contributed by atoms with E-state index in [9.17, 15) is 17.2 Å². The molecule has 0 atom stereocenters. The lowest BCUT2D eigenvalue weighted by Gasteiger charge is -2.45. The lowest BCUT2D eigenvalue weighted by Crippen LogP contribution is -2.62. The van der Waals surface area contributed by atoms with Crippen molar-refractivity contribution in [2.75, 3.05) is 18.4 Å². The number of hydrogen-bond acceptors (Lipinski definition) is 5. The molecule has 1 saturated heterocycles. The molecule has 6 nitrogen and oxygen atoms in total. The zero-order valence-electron chi connectivity index (χ0n) is 14.9. The van der Waals surface area contributed by atoms with Crippen molar-refractivity contribution < 1.29 is 17.2 Å². The van der Waals surface area contributed by atoms with Gasteiger partial charge in [-0.1, -0.05) is 12.1 Å². The molecule has 0 saturated carbocycles. The quantitative estimate of drug-likeness (QED) is 0.804. The summed E-state index contributed by atoms with van der Waals surface area (Å²) in [5.41, 5.74) is 0.568. The van der Waals surface area contributed by atoms with Gasteiger partial charge in [-0.2, -0.15) is 9.98 Å². The smallest absolute Gasteiger partial charge is 0.247 e. The average Bonchev–Trinajstić information content (AvgIpc) is 2.62. The van der Waals surface area contributed by atoms with Crippen LogP contribution in [0.5, 0.6) is 0 Å². The number of rotatable bonds is 2. The van der Waals surface area contributed by atoms with E-state index < -0.39 is 32.2 Å². The van der Waals surface area contributed by atoms with Gasteiger partial charge >= 0.3 is 0 Å². The summed E-state index contributed by atoms with van der Waals surface area (Å²) >= 11 is 0. The molecule has 1 spiro atoms. The Balaban J connectivity index is 1.52. The van der Waals surface area contributed by atoms with E-state index in [1.807, 2.05) is 18.2 Å². The second-order valence-electron chi connectivity index (χ2n) is 7.17. The van der Waals surface area contributed by atoms with Gasteiger partial charge in [0.15, 0.2) is 0 Å². The second-order valence-corrected chi connectivity index (χ2v) is 8.78. The third kappa shape index (κ3) is 3.46. The Morgan fingerprint density at radius 2 is 1.93 bits per heavy atom. The van der Waals surface area contributed by atoms with E-state index in [1.165, 1.54) is 0 Å². The molecule has 9 heteroatoms. The fourth-order valence-corrected chi connectivity index (χ4v) is 5.42. The van der Waals surface area contributed by atoms with Crippen molar-refractivity contribution in [3.05, 3.63) is 59.2 Å². The highest BCUT2D eigenvalue weighted by atomic mass is 32.2. The number of halogens is 2. The number of hydrogen-bond donors (Lipinski definition) is 2. The molecular weight excluding hydrogens is 386 g/mol. The molecule has 2 aliphatic heterocycles. The minimum absolute atomic E-state index is 0.0496. The predicted octanol–water partition coefficient (Wildman–Crippen LogP) is 2.53. The minimum Gasteiger partial charge on any atom is -0.365 e. The molecule has 28 heavy (non-hydrogen) atoms. The van der Waals surface area contributed by atoms with E-state index in [0.717, 1.165) is 11.6 Å². The maximum Gasteiger partial charge on any atom is 0.247 e. The molecule has 0 radical (unpaired) electrons. The van der Waals surface area contributed by atoms with Crippen LogP contribution in [0.25, 0.3) is 0 Å². The van der Waals surface area contributed by atoms with Crippen molar-refractivity contribution >= 4 is 15.7 Å². The summed E-state index contributed by atoms with van der Waals surface area (Å²) in [5, 5.41) is 12.0. The fourth-order valence-electron chi connectivity index (χ4n) is 3.84. The summed E-state index contributed by atoms with van der Waals surface area (Å²) in [6.07, 6.45) is 0.865. The summed E-state index contributed by atoms with van der Waals surface area (Å²) < 4.78 is 55.3. The highest BCUT2D eigenvalue weighted by Crippen LogP contribution is 2.37. The van der Waals surface area contributed by atoms with Gasteiger partial charge in [-0.25, -0.2) is 17.2 Å². The maximum absolute atomic E-state index is 14.0. The number of nitrogens with one attached hydrogen (secondary N) is 2. The molecule has 2 aromatic rings. The second kappa shape index (κ2) is 6.81. The van der Waals surface area contributed by atoms with E-state index in [-0.39, 0.29) is 5.69 Å². The molecule has 1 fully saturated rings. The SMILES string of the molecule is N#Cc1cccc(CN2CCC3(CC2)Nc2cc(F)cc(F)c2S(=O)(=O)N3)c1. The monoisotopic (exact) mass is 404 g/mol. The average molecular weight is 404 g/mol. The Kier molecular flexibility index (Phi) is 4.57. The lowest BCUT2D eigenvalue weighted by molar-refractivity contribution is 0.158. The third-order valence-corrected chi connectivity index (χ3v) is 6.76. The van der Waals surface area contributed by atoms with Crippen molar-refractivity contribution in [2.24, 2.45) is 0 Å². The van der Waals surface area contributed by atoms with Crippen LogP contribution in [0.3, 0.4) is 0 Å². The zero-order valence-corrected chi connectivity index (χ0v) is 15.7. The number of sulfonamides is 1. The highest BCUT2D eigenvalue weighted by molar-refractivity contribution is 7.89. The van der Waals surface area contributed by atoms with E-state index in [0.29, 0.717) is 44.1 Å². The van der Waals surface area contributed by atoms with Crippen molar-refractivity contribution in [1.29, 1.82) is 5.26 Å². The van der Waals surface area contributed by atoms with Gasteiger partial charge in [0.05, 0.1) is 17.3 Å². The molecule has 4 rings (SSSR count). The highest BCUT2D eigenvalue weighted by Gasteiger charge is 2.44. The van der Waals surface area contributed by atoms with Gasteiger partial charge in [-0.05, 0) is 36.6 Å². The predicted molar refractivity (Wildman–Crippen MR) is 98.7 cm³/mol. The molecule has 0 unspecified atom stereocenters. The lowest BCUT2D eigenvalue weighted by atomic mass is 9.96. The molecule has 2 aromatic carbocycles. The Morgan fingerprint density at radius 1 is 1.18 bits per heavy atom. The summed E-state index contributed by atoms with van der Waals surface area (Å²) in [4.78, 5) is 1.61. The van der Waals surface area contributed by atoms with Crippen molar-refractivity contribution in [3.8, 4) is 6.07 Å². The first-order valence-corrected chi connectivity index (χ1v) is 10.3. The van der Waals surface area contributed by atoms with Gasteiger partial charge in [0.25, 0.3) is 0 Å². The van der Waals surface area contributed by atoms with Crippen LogP contribution in [0.1, 0.15) is 24.0 Å². The van der Waals surface area contributed by atoms with Crippen LogP contribution in [0.4, 0.5) is 14.5 Å². The number of anilines is 1. The van der Waals surface area contributed by atoms with Crippen LogP contribution in [-0.2, 0) is 16.6 Å². The molecule has 0 aromatic heterocycles. The fraction of sp³-hybridized carbons (Fsp3) is 0.316. The topological polar surface area (TPSA) is 85.2 Å². The number of piperidine rings is 1. The van der Waals surface area contributed by atoms with Crippen LogP contribution in [-0.4, -0.2) is 32.1 Å². The van der Waals surface area contributed by atoms with Gasteiger partial charge in [0, 0.05) is 25.7 Å². The first-order valence-electron chi connectivity index (χ1n) is 8.83. The summed E-state index contributed by atoms with van der Waals surface area (Å²) in [6.45, 7) is 1.80. The Hall–Kier alpha value is -2.54. The Labute approximate surface area is 161 Å². The molecule has 146 valence electrons. The number of nitriles is 1. The molecular formula is C19H18F2N4O2S. The van der Waals surface area contributed by atoms with Gasteiger partial charge in [0.2, 0.25) is 10.0 Å². The van der Waals surface area contributed by atoms with Crippen LogP contribution >= 0.6 is 0 Å². The first-order chi connectivity index (χ1) is 13.3. The molecule has 0 bridgehead atoms. The Morgan fingerprint density at radius 3 is 2.64 bits per heavy atom. The number of nitrogens with zero attached hydrogens (tertiary/aromatic N) is 2. The van der Waals surface area contributed by atoms with E-state index in [1.54, 1.807) is 6.07 Å². The number of fused-ring (bicyclic) bond motifs is 1.